The fourth-order valence-corrected chi connectivity index (χ4v) is 2.70. The van der Waals surface area contributed by atoms with Gasteiger partial charge in [0, 0.05) is 12.1 Å². The first kappa shape index (κ1) is 17.2. The number of nitrogens with one attached hydrogen (secondary N) is 1. The van der Waals surface area contributed by atoms with Crippen molar-refractivity contribution in [2.75, 3.05) is 17.6 Å². The summed E-state index contributed by atoms with van der Waals surface area (Å²) in [6.45, 7) is 11.3. The molecule has 0 bridgehead atoms. The van der Waals surface area contributed by atoms with Crippen LogP contribution >= 0.6 is 0 Å². The summed E-state index contributed by atoms with van der Waals surface area (Å²) in [5.41, 5.74) is 8.63. The number of fused-ring (bicyclic) bond motifs is 1. The number of aromatic nitrogens is 4. The van der Waals surface area contributed by atoms with Crippen molar-refractivity contribution in [1.82, 2.24) is 19.7 Å². The summed E-state index contributed by atoms with van der Waals surface area (Å²) in [6, 6.07) is 10.0. The molecule has 0 saturated heterocycles. The molecule has 3 rings (SSSR count). The Kier molecular flexibility index (Phi) is 4.37. The average molecular weight is 338 g/mol. The molecule has 0 aliphatic carbocycles. The van der Waals surface area contributed by atoms with Crippen LogP contribution < -0.4 is 11.1 Å². The van der Waals surface area contributed by atoms with E-state index in [2.05, 4.69) is 50.0 Å². The first-order valence-corrected chi connectivity index (χ1v) is 8.63. The molecule has 132 valence electrons. The summed E-state index contributed by atoms with van der Waals surface area (Å²) in [7, 11) is 0. The standard InChI is InChI=1S/C19H26N6/c1-12(2)11-21-18-22-15(13-9-7-6-8-10-13)14-16(20)25(19(3,4)5)24-17(14)23-18/h6-10,12H,11,20H2,1-5H3,(H,21,23,24). The Bertz CT molecular complexity index is 874. The highest BCUT2D eigenvalue weighted by atomic mass is 15.4. The first-order valence-electron chi connectivity index (χ1n) is 8.63. The van der Waals surface area contributed by atoms with E-state index in [1.807, 2.05) is 35.0 Å². The zero-order valence-electron chi connectivity index (χ0n) is 15.5. The van der Waals surface area contributed by atoms with Gasteiger partial charge in [0.25, 0.3) is 0 Å². The van der Waals surface area contributed by atoms with Crippen LogP contribution in [0.1, 0.15) is 34.6 Å². The monoisotopic (exact) mass is 338 g/mol. The van der Waals surface area contributed by atoms with Gasteiger partial charge in [-0.2, -0.15) is 4.98 Å². The topological polar surface area (TPSA) is 81.6 Å². The number of rotatable bonds is 4. The Balaban J connectivity index is 2.24. The Labute approximate surface area is 148 Å². The molecule has 1 aromatic carbocycles. The first-order chi connectivity index (χ1) is 11.8. The predicted molar refractivity (Wildman–Crippen MR) is 103 cm³/mol. The maximum absolute atomic E-state index is 6.44. The third-order valence-electron chi connectivity index (χ3n) is 3.92. The van der Waals surface area contributed by atoms with Crippen molar-refractivity contribution >= 4 is 22.8 Å². The van der Waals surface area contributed by atoms with Crippen molar-refractivity contribution in [1.29, 1.82) is 0 Å². The number of hydrogen-bond acceptors (Lipinski definition) is 5. The van der Waals surface area contributed by atoms with Gasteiger partial charge in [-0.15, -0.1) is 5.10 Å². The van der Waals surface area contributed by atoms with E-state index >= 15 is 0 Å². The molecule has 3 aromatic rings. The molecule has 0 spiro atoms. The molecule has 0 saturated carbocycles. The maximum atomic E-state index is 6.44. The summed E-state index contributed by atoms with van der Waals surface area (Å²) in [6.07, 6.45) is 0. The summed E-state index contributed by atoms with van der Waals surface area (Å²) in [5, 5.41) is 8.76. The fraction of sp³-hybridized carbons (Fsp3) is 0.421. The van der Waals surface area contributed by atoms with Crippen LogP contribution in [0.4, 0.5) is 11.8 Å². The lowest BCUT2D eigenvalue weighted by atomic mass is 10.1. The minimum absolute atomic E-state index is 0.232. The van der Waals surface area contributed by atoms with Crippen LogP contribution in [0, 0.1) is 5.92 Å². The Morgan fingerprint density at radius 3 is 2.40 bits per heavy atom. The highest BCUT2D eigenvalue weighted by Gasteiger charge is 2.24. The molecule has 6 heteroatoms. The second-order valence-electron chi connectivity index (χ2n) is 7.70. The summed E-state index contributed by atoms with van der Waals surface area (Å²) < 4.78 is 1.82. The number of anilines is 2. The van der Waals surface area contributed by atoms with E-state index in [0.717, 1.165) is 23.2 Å². The van der Waals surface area contributed by atoms with Crippen LogP contribution in [0.2, 0.25) is 0 Å². The molecule has 0 unspecified atom stereocenters. The van der Waals surface area contributed by atoms with Gasteiger partial charge < -0.3 is 11.1 Å². The smallest absolute Gasteiger partial charge is 0.225 e. The van der Waals surface area contributed by atoms with Crippen molar-refractivity contribution in [3.8, 4) is 11.3 Å². The largest absolute Gasteiger partial charge is 0.383 e. The zero-order chi connectivity index (χ0) is 18.2. The van der Waals surface area contributed by atoms with E-state index < -0.39 is 0 Å². The molecule has 0 fully saturated rings. The molecule has 0 aliphatic rings. The lowest BCUT2D eigenvalue weighted by Crippen LogP contribution is -2.24. The molecular formula is C19H26N6. The van der Waals surface area contributed by atoms with E-state index in [-0.39, 0.29) is 5.54 Å². The zero-order valence-corrected chi connectivity index (χ0v) is 15.5. The molecule has 2 heterocycles. The second-order valence-corrected chi connectivity index (χ2v) is 7.70. The van der Waals surface area contributed by atoms with Gasteiger partial charge in [-0.1, -0.05) is 44.2 Å². The van der Waals surface area contributed by atoms with Crippen LogP contribution in [-0.2, 0) is 5.54 Å². The van der Waals surface area contributed by atoms with E-state index in [1.165, 1.54) is 0 Å². The van der Waals surface area contributed by atoms with Crippen LogP contribution in [0.5, 0.6) is 0 Å². The van der Waals surface area contributed by atoms with Crippen LogP contribution in [0.3, 0.4) is 0 Å². The Hall–Kier alpha value is -2.63. The van der Waals surface area contributed by atoms with Gasteiger partial charge in [-0.25, -0.2) is 9.67 Å². The van der Waals surface area contributed by atoms with Crippen LogP contribution in [0.25, 0.3) is 22.3 Å². The number of nitrogens with zero attached hydrogens (tertiary/aromatic N) is 4. The van der Waals surface area contributed by atoms with Gasteiger partial charge in [0.05, 0.1) is 16.6 Å². The average Bonchev–Trinajstić information content (AvgIpc) is 2.90. The number of nitrogens with two attached hydrogens (primary N) is 1. The second kappa shape index (κ2) is 6.35. The molecule has 0 radical (unpaired) electrons. The minimum atomic E-state index is -0.232. The summed E-state index contributed by atoms with van der Waals surface area (Å²) in [4.78, 5) is 9.34. The molecule has 2 aromatic heterocycles. The molecule has 25 heavy (non-hydrogen) atoms. The van der Waals surface area contributed by atoms with Gasteiger partial charge >= 0.3 is 0 Å². The van der Waals surface area contributed by atoms with Crippen molar-refractivity contribution < 1.29 is 0 Å². The van der Waals surface area contributed by atoms with Crippen LogP contribution in [0.15, 0.2) is 30.3 Å². The molecule has 0 atom stereocenters. The van der Waals surface area contributed by atoms with Crippen molar-refractivity contribution in [2.45, 2.75) is 40.2 Å². The van der Waals surface area contributed by atoms with Crippen molar-refractivity contribution in [2.24, 2.45) is 5.92 Å². The minimum Gasteiger partial charge on any atom is -0.383 e. The lowest BCUT2D eigenvalue weighted by Gasteiger charge is -2.20. The van der Waals surface area contributed by atoms with Crippen molar-refractivity contribution in [3.05, 3.63) is 30.3 Å². The van der Waals surface area contributed by atoms with E-state index in [9.17, 15) is 0 Å². The Morgan fingerprint density at radius 2 is 1.80 bits per heavy atom. The summed E-state index contributed by atoms with van der Waals surface area (Å²) >= 11 is 0. The maximum Gasteiger partial charge on any atom is 0.225 e. The molecule has 0 aliphatic heterocycles. The van der Waals surface area contributed by atoms with E-state index in [1.54, 1.807) is 0 Å². The quantitative estimate of drug-likeness (QED) is 0.754. The normalized spacial score (nSPS) is 12.1. The van der Waals surface area contributed by atoms with Gasteiger partial charge in [0.2, 0.25) is 5.95 Å². The number of nitrogen functional groups attached to an aromatic ring is 1. The highest BCUT2D eigenvalue weighted by molar-refractivity contribution is 5.99. The van der Waals surface area contributed by atoms with Gasteiger partial charge in [0.1, 0.15) is 5.82 Å². The third kappa shape index (κ3) is 3.43. The Morgan fingerprint density at radius 1 is 1.12 bits per heavy atom. The third-order valence-corrected chi connectivity index (χ3v) is 3.92. The van der Waals surface area contributed by atoms with E-state index in [4.69, 9.17) is 10.7 Å². The van der Waals surface area contributed by atoms with Gasteiger partial charge in [0.15, 0.2) is 5.65 Å². The molecular weight excluding hydrogens is 312 g/mol. The molecule has 0 amide bonds. The highest BCUT2D eigenvalue weighted by Crippen LogP contribution is 2.33. The predicted octanol–water partition coefficient (Wildman–Crippen LogP) is 3.90. The van der Waals surface area contributed by atoms with Crippen LogP contribution in [-0.4, -0.2) is 26.3 Å². The van der Waals surface area contributed by atoms with Gasteiger partial charge in [-0.3, -0.25) is 0 Å². The SMILES string of the molecule is CC(C)CNc1nc(-c2ccccc2)c2c(N)n(C(C)(C)C)nc2n1. The van der Waals surface area contributed by atoms with E-state index in [0.29, 0.717) is 23.3 Å². The molecule has 6 nitrogen and oxygen atoms in total. The van der Waals surface area contributed by atoms with Crippen molar-refractivity contribution in [3.63, 3.8) is 0 Å². The molecule has 3 N–H and O–H groups in total. The van der Waals surface area contributed by atoms with Gasteiger partial charge in [-0.05, 0) is 26.7 Å². The summed E-state index contributed by atoms with van der Waals surface area (Å²) in [5.74, 6) is 1.67. The fourth-order valence-electron chi connectivity index (χ4n) is 2.70. The number of benzene rings is 1. The number of hydrogen-bond donors (Lipinski definition) is 2. The lowest BCUT2D eigenvalue weighted by molar-refractivity contribution is 0.364.